The van der Waals surface area contributed by atoms with Gasteiger partial charge in [-0.3, -0.25) is 4.79 Å². The minimum atomic E-state index is -0.00959. The third-order valence-corrected chi connectivity index (χ3v) is 6.37. The number of aromatic nitrogens is 2. The van der Waals surface area contributed by atoms with Crippen LogP contribution >= 0.6 is 23.1 Å². The van der Waals surface area contributed by atoms with E-state index in [0.29, 0.717) is 17.4 Å². The molecule has 4 aromatic rings. The fourth-order valence-electron chi connectivity index (χ4n) is 2.84. The number of ether oxygens (including phenoxy) is 1. The molecule has 0 spiro atoms. The van der Waals surface area contributed by atoms with Crippen LogP contribution in [-0.4, -0.2) is 28.4 Å². The van der Waals surface area contributed by atoms with E-state index >= 15 is 0 Å². The lowest BCUT2D eigenvalue weighted by Gasteiger charge is -2.07. The predicted molar refractivity (Wildman–Crippen MR) is 130 cm³/mol. The van der Waals surface area contributed by atoms with E-state index in [1.54, 1.807) is 0 Å². The summed E-state index contributed by atoms with van der Waals surface area (Å²) in [5.74, 6) is 1.86. The average molecular weight is 463 g/mol. The third-order valence-electron chi connectivity index (χ3n) is 4.40. The number of hydrogen-bond donors (Lipinski definition) is 2. The van der Waals surface area contributed by atoms with Gasteiger partial charge in [0, 0.05) is 12.2 Å². The summed E-state index contributed by atoms with van der Waals surface area (Å²) in [6.07, 6.45) is 0.819. The number of rotatable bonds is 10. The first-order valence-corrected chi connectivity index (χ1v) is 11.9. The lowest BCUT2D eigenvalue weighted by molar-refractivity contribution is -0.118. The second-order valence-corrected chi connectivity index (χ2v) is 9.01. The van der Waals surface area contributed by atoms with Gasteiger partial charge >= 0.3 is 0 Å². The summed E-state index contributed by atoms with van der Waals surface area (Å²) in [6, 6.07) is 27.4. The Morgan fingerprint density at radius 2 is 1.56 bits per heavy atom. The monoisotopic (exact) mass is 462 g/mol. The van der Waals surface area contributed by atoms with Gasteiger partial charge in [-0.1, -0.05) is 71.6 Å². The number of hydrogen-bond acceptors (Lipinski definition) is 7. The Balaban J connectivity index is 1.20. The van der Waals surface area contributed by atoms with Crippen molar-refractivity contribution in [3.05, 3.63) is 90.5 Å². The largest absolute Gasteiger partial charge is 0.457 e. The second kappa shape index (κ2) is 11.3. The maximum absolute atomic E-state index is 12.1. The first-order chi connectivity index (χ1) is 15.7. The number of anilines is 2. The molecular formula is C24H22N4O2S2. The molecular weight excluding hydrogens is 440 g/mol. The van der Waals surface area contributed by atoms with E-state index in [9.17, 15) is 4.79 Å². The number of nitrogens with zero attached hydrogens (tertiary/aromatic N) is 2. The molecule has 0 unspecified atom stereocenters. The van der Waals surface area contributed by atoms with Gasteiger partial charge in [-0.05, 0) is 48.4 Å². The van der Waals surface area contributed by atoms with Crippen molar-refractivity contribution in [1.82, 2.24) is 15.5 Å². The van der Waals surface area contributed by atoms with E-state index in [-0.39, 0.29) is 5.91 Å². The van der Waals surface area contributed by atoms with Crippen molar-refractivity contribution in [3.8, 4) is 11.5 Å². The summed E-state index contributed by atoms with van der Waals surface area (Å²) in [4.78, 5) is 12.1. The van der Waals surface area contributed by atoms with Crippen molar-refractivity contribution in [2.24, 2.45) is 0 Å². The first kappa shape index (κ1) is 21.9. The molecule has 6 nitrogen and oxygen atoms in total. The van der Waals surface area contributed by atoms with Gasteiger partial charge in [0.05, 0.1) is 5.75 Å². The van der Waals surface area contributed by atoms with Crippen LogP contribution in [0.5, 0.6) is 11.5 Å². The summed E-state index contributed by atoms with van der Waals surface area (Å²) < 4.78 is 6.55. The molecule has 0 aliphatic heterocycles. The van der Waals surface area contributed by atoms with E-state index in [1.165, 1.54) is 28.7 Å². The zero-order chi connectivity index (χ0) is 22.0. The Bertz CT molecular complexity index is 1120. The zero-order valence-electron chi connectivity index (χ0n) is 17.2. The van der Waals surface area contributed by atoms with Crippen LogP contribution in [0, 0.1) is 0 Å². The van der Waals surface area contributed by atoms with Gasteiger partial charge in [-0.25, -0.2) is 0 Å². The molecule has 1 heterocycles. The number of thioether (sulfide) groups is 1. The summed E-state index contributed by atoms with van der Waals surface area (Å²) in [7, 11) is 0. The standard InChI is InChI=1S/C24H22N4O2S2/c29-22(25-16-15-18-7-3-1-4-8-18)17-31-24-28-27-23(32-24)26-19-11-13-21(14-12-19)30-20-9-5-2-6-10-20/h1-14H,15-17H2,(H,25,29)(H,26,27). The van der Waals surface area contributed by atoms with Crippen molar-refractivity contribution in [2.45, 2.75) is 10.8 Å². The van der Waals surface area contributed by atoms with Crippen molar-refractivity contribution in [2.75, 3.05) is 17.6 Å². The number of para-hydroxylation sites is 1. The fourth-order valence-corrected chi connectivity index (χ4v) is 4.44. The molecule has 3 aromatic carbocycles. The molecule has 0 atom stereocenters. The molecule has 2 N–H and O–H groups in total. The number of carbonyl (C=O) groups is 1. The number of amides is 1. The summed E-state index contributed by atoms with van der Waals surface area (Å²) in [5.41, 5.74) is 2.09. The molecule has 162 valence electrons. The number of nitrogens with one attached hydrogen (secondary N) is 2. The quantitative estimate of drug-likeness (QED) is 0.302. The highest BCUT2D eigenvalue weighted by Gasteiger charge is 2.09. The fraction of sp³-hybridized carbons (Fsp3) is 0.125. The highest BCUT2D eigenvalue weighted by molar-refractivity contribution is 8.01. The smallest absolute Gasteiger partial charge is 0.230 e. The van der Waals surface area contributed by atoms with E-state index in [4.69, 9.17) is 4.74 Å². The Kier molecular flexibility index (Phi) is 7.73. The first-order valence-electron chi connectivity index (χ1n) is 10.1. The minimum Gasteiger partial charge on any atom is -0.457 e. The van der Waals surface area contributed by atoms with Crippen LogP contribution in [0.25, 0.3) is 0 Å². The molecule has 4 rings (SSSR count). The normalized spacial score (nSPS) is 10.5. The van der Waals surface area contributed by atoms with Crippen LogP contribution in [0.3, 0.4) is 0 Å². The van der Waals surface area contributed by atoms with Gasteiger partial charge in [0.2, 0.25) is 11.0 Å². The summed E-state index contributed by atoms with van der Waals surface area (Å²) in [5, 5.41) is 15.2. The number of carbonyl (C=O) groups excluding carboxylic acids is 1. The van der Waals surface area contributed by atoms with Gasteiger partial charge < -0.3 is 15.4 Å². The SMILES string of the molecule is O=C(CSc1nnc(Nc2ccc(Oc3ccccc3)cc2)s1)NCCc1ccccc1. The zero-order valence-corrected chi connectivity index (χ0v) is 18.9. The summed E-state index contributed by atoms with van der Waals surface area (Å²) in [6.45, 7) is 0.621. The van der Waals surface area contributed by atoms with Gasteiger partial charge in [0.25, 0.3) is 0 Å². The van der Waals surface area contributed by atoms with E-state index in [0.717, 1.165) is 27.9 Å². The van der Waals surface area contributed by atoms with Crippen LogP contribution in [0.4, 0.5) is 10.8 Å². The van der Waals surface area contributed by atoms with Gasteiger partial charge in [-0.2, -0.15) is 0 Å². The second-order valence-electron chi connectivity index (χ2n) is 6.81. The third kappa shape index (κ3) is 6.83. The van der Waals surface area contributed by atoms with Crippen LogP contribution in [-0.2, 0) is 11.2 Å². The molecule has 1 amide bonds. The Morgan fingerprint density at radius 1 is 0.875 bits per heavy atom. The topological polar surface area (TPSA) is 76.1 Å². The molecule has 0 aliphatic rings. The molecule has 0 bridgehead atoms. The van der Waals surface area contributed by atoms with Crippen molar-refractivity contribution in [3.63, 3.8) is 0 Å². The molecule has 32 heavy (non-hydrogen) atoms. The molecule has 0 fully saturated rings. The predicted octanol–water partition coefficient (Wildman–Crippen LogP) is 5.53. The molecule has 0 saturated heterocycles. The van der Waals surface area contributed by atoms with E-state index < -0.39 is 0 Å². The van der Waals surface area contributed by atoms with Crippen molar-refractivity contribution >= 4 is 39.8 Å². The van der Waals surface area contributed by atoms with Crippen LogP contribution in [0.1, 0.15) is 5.56 Å². The molecule has 1 aromatic heterocycles. The van der Waals surface area contributed by atoms with Gasteiger partial charge in [0.15, 0.2) is 4.34 Å². The van der Waals surface area contributed by atoms with E-state index in [2.05, 4.69) is 33.0 Å². The van der Waals surface area contributed by atoms with Crippen molar-refractivity contribution < 1.29 is 9.53 Å². The van der Waals surface area contributed by atoms with Crippen molar-refractivity contribution in [1.29, 1.82) is 0 Å². The highest BCUT2D eigenvalue weighted by Crippen LogP contribution is 2.29. The van der Waals surface area contributed by atoms with Crippen LogP contribution in [0.15, 0.2) is 89.3 Å². The molecule has 0 aliphatic carbocycles. The van der Waals surface area contributed by atoms with Gasteiger partial charge in [-0.15, -0.1) is 10.2 Å². The Hall–Kier alpha value is -3.36. The Morgan fingerprint density at radius 3 is 2.31 bits per heavy atom. The summed E-state index contributed by atoms with van der Waals surface area (Å²) >= 11 is 2.80. The minimum absolute atomic E-state index is 0.00959. The van der Waals surface area contributed by atoms with E-state index in [1.807, 2.05) is 72.8 Å². The lowest BCUT2D eigenvalue weighted by atomic mass is 10.1. The average Bonchev–Trinajstić information content (AvgIpc) is 3.28. The maximum atomic E-state index is 12.1. The molecule has 0 radical (unpaired) electrons. The highest BCUT2D eigenvalue weighted by atomic mass is 32.2. The lowest BCUT2D eigenvalue weighted by Crippen LogP contribution is -2.27. The van der Waals surface area contributed by atoms with Crippen LogP contribution < -0.4 is 15.4 Å². The number of benzene rings is 3. The molecule has 8 heteroatoms. The maximum Gasteiger partial charge on any atom is 0.230 e. The van der Waals surface area contributed by atoms with Crippen LogP contribution in [0.2, 0.25) is 0 Å². The molecule has 0 saturated carbocycles. The van der Waals surface area contributed by atoms with Gasteiger partial charge in [0.1, 0.15) is 11.5 Å². The Labute approximate surface area is 195 Å².